The smallest absolute Gasteiger partial charge is 0.416 e. The van der Waals surface area contributed by atoms with Gasteiger partial charge in [0.05, 0.1) is 19.2 Å². The number of rotatable bonds is 8. The molecule has 0 bridgehead atoms. The number of para-hydroxylation sites is 2. The molecule has 0 aliphatic rings. The molecule has 0 aliphatic carbocycles. The van der Waals surface area contributed by atoms with E-state index in [1.807, 2.05) is 6.07 Å². The van der Waals surface area contributed by atoms with Crippen LogP contribution < -0.4 is 14.8 Å². The first-order chi connectivity index (χ1) is 14.4. The van der Waals surface area contributed by atoms with E-state index in [0.717, 1.165) is 16.9 Å². The third kappa shape index (κ3) is 5.46. The third-order valence-electron chi connectivity index (χ3n) is 3.94. The molecule has 1 N–H and O–H groups in total. The number of alkyl halides is 3. The second kappa shape index (κ2) is 9.25. The van der Waals surface area contributed by atoms with Gasteiger partial charge in [0.25, 0.3) is 0 Å². The first-order valence-corrected chi connectivity index (χ1v) is 8.85. The van der Waals surface area contributed by atoms with Gasteiger partial charge in [-0.05, 0) is 29.5 Å². The number of amides is 1. The molecule has 158 valence electrons. The van der Waals surface area contributed by atoms with E-state index in [0.29, 0.717) is 11.5 Å². The van der Waals surface area contributed by atoms with E-state index in [4.69, 9.17) is 9.47 Å². The van der Waals surface area contributed by atoms with Crippen LogP contribution in [-0.4, -0.2) is 46.4 Å². The number of nitrogens with one attached hydrogen (secondary N) is 1. The maximum absolute atomic E-state index is 12.8. The van der Waals surface area contributed by atoms with Crippen molar-refractivity contribution in [1.82, 2.24) is 25.5 Å². The van der Waals surface area contributed by atoms with Gasteiger partial charge in [0, 0.05) is 5.56 Å². The minimum absolute atomic E-state index is 0.00611. The number of ether oxygens (including phenoxy) is 2. The third-order valence-corrected chi connectivity index (χ3v) is 3.94. The molecule has 30 heavy (non-hydrogen) atoms. The molecule has 11 heteroatoms. The lowest BCUT2D eigenvalue weighted by Crippen LogP contribution is -2.31. The van der Waals surface area contributed by atoms with Crippen molar-refractivity contribution in [2.75, 3.05) is 20.3 Å². The van der Waals surface area contributed by atoms with Gasteiger partial charge in [-0.25, -0.2) is 0 Å². The quantitative estimate of drug-likeness (QED) is 0.562. The molecular formula is C19H18F3N5O3. The van der Waals surface area contributed by atoms with Crippen LogP contribution in [0.15, 0.2) is 48.5 Å². The summed E-state index contributed by atoms with van der Waals surface area (Å²) in [5.74, 6) is 0.732. The van der Waals surface area contributed by atoms with E-state index in [1.54, 1.807) is 18.2 Å². The number of benzene rings is 2. The lowest BCUT2D eigenvalue weighted by atomic mass is 10.1. The number of methoxy groups -OCH3 is 1. The number of tetrazole rings is 1. The van der Waals surface area contributed by atoms with Crippen molar-refractivity contribution in [1.29, 1.82) is 0 Å². The Morgan fingerprint density at radius 1 is 1.13 bits per heavy atom. The zero-order valence-electron chi connectivity index (χ0n) is 15.9. The first kappa shape index (κ1) is 21.1. The Morgan fingerprint density at radius 2 is 1.90 bits per heavy atom. The summed E-state index contributed by atoms with van der Waals surface area (Å²) >= 11 is 0. The van der Waals surface area contributed by atoms with E-state index in [-0.39, 0.29) is 31.1 Å². The number of carbonyl (C=O) groups excluding carboxylic acids is 1. The normalized spacial score (nSPS) is 11.2. The Labute approximate surface area is 169 Å². The second-order valence-corrected chi connectivity index (χ2v) is 6.07. The van der Waals surface area contributed by atoms with Crippen molar-refractivity contribution >= 4 is 5.91 Å². The molecule has 0 aliphatic heterocycles. The highest BCUT2D eigenvalue weighted by atomic mass is 19.4. The van der Waals surface area contributed by atoms with E-state index in [1.165, 1.54) is 19.2 Å². The fourth-order valence-corrected chi connectivity index (χ4v) is 2.53. The predicted octanol–water partition coefficient (Wildman–Crippen LogP) is 2.56. The Kier molecular flexibility index (Phi) is 6.50. The van der Waals surface area contributed by atoms with E-state index >= 15 is 0 Å². The van der Waals surface area contributed by atoms with Crippen LogP contribution in [0.3, 0.4) is 0 Å². The van der Waals surface area contributed by atoms with E-state index in [2.05, 4.69) is 20.7 Å². The van der Waals surface area contributed by atoms with Crippen LogP contribution >= 0.6 is 0 Å². The van der Waals surface area contributed by atoms with Crippen molar-refractivity contribution in [3.8, 4) is 22.9 Å². The van der Waals surface area contributed by atoms with Gasteiger partial charge in [-0.3, -0.25) is 4.79 Å². The molecule has 8 nitrogen and oxygen atoms in total. The zero-order chi connectivity index (χ0) is 21.6. The monoisotopic (exact) mass is 421 g/mol. The van der Waals surface area contributed by atoms with Crippen molar-refractivity contribution in [3.05, 3.63) is 54.1 Å². The molecule has 2 aromatic carbocycles. The van der Waals surface area contributed by atoms with Gasteiger partial charge in [0.15, 0.2) is 11.5 Å². The summed E-state index contributed by atoms with van der Waals surface area (Å²) in [6.45, 7) is 0.207. The van der Waals surface area contributed by atoms with Gasteiger partial charge in [-0.2, -0.15) is 18.0 Å². The standard InChI is InChI=1S/C19H18F3N5O3/c1-29-15-7-2-3-8-16(15)30-10-9-23-17(28)12-27-25-18(24-26-27)13-5-4-6-14(11-13)19(20,21)22/h2-8,11H,9-10,12H2,1H3,(H,23,28). The molecule has 0 saturated carbocycles. The Bertz CT molecular complexity index is 1010. The molecule has 3 rings (SSSR count). The van der Waals surface area contributed by atoms with Crippen LogP contribution in [-0.2, 0) is 17.5 Å². The van der Waals surface area contributed by atoms with E-state index in [9.17, 15) is 18.0 Å². The molecule has 0 atom stereocenters. The van der Waals surface area contributed by atoms with Gasteiger partial charge in [-0.15, -0.1) is 10.2 Å². The topological polar surface area (TPSA) is 91.2 Å². The molecule has 0 radical (unpaired) electrons. The van der Waals surface area contributed by atoms with Crippen molar-refractivity contribution in [3.63, 3.8) is 0 Å². The Morgan fingerprint density at radius 3 is 2.63 bits per heavy atom. The summed E-state index contributed by atoms with van der Waals surface area (Å²) in [7, 11) is 1.53. The van der Waals surface area contributed by atoms with Crippen LogP contribution in [0.25, 0.3) is 11.4 Å². The minimum Gasteiger partial charge on any atom is -0.493 e. The van der Waals surface area contributed by atoms with Crippen LogP contribution in [0.5, 0.6) is 11.5 Å². The molecule has 1 heterocycles. The van der Waals surface area contributed by atoms with Crippen LogP contribution in [0.2, 0.25) is 0 Å². The fraction of sp³-hybridized carbons (Fsp3) is 0.263. The summed E-state index contributed by atoms with van der Waals surface area (Å²) in [5, 5.41) is 14.0. The van der Waals surface area contributed by atoms with Crippen molar-refractivity contribution in [2.24, 2.45) is 0 Å². The number of hydrogen-bond donors (Lipinski definition) is 1. The summed E-state index contributed by atoms with van der Waals surface area (Å²) in [4.78, 5) is 13.0. The van der Waals surface area contributed by atoms with E-state index < -0.39 is 17.6 Å². The number of aromatic nitrogens is 4. The number of carbonyl (C=O) groups is 1. The van der Waals surface area contributed by atoms with Crippen LogP contribution in [0.4, 0.5) is 13.2 Å². The number of halogens is 3. The SMILES string of the molecule is COc1ccccc1OCCNC(=O)Cn1nnc(-c2cccc(C(F)(F)F)c2)n1. The van der Waals surface area contributed by atoms with Crippen molar-refractivity contribution in [2.45, 2.75) is 12.7 Å². The number of nitrogens with zero attached hydrogens (tertiary/aromatic N) is 4. The Balaban J connectivity index is 1.50. The molecule has 0 unspecified atom stereocenters. The molecule has 0 fully saturated rings. The molecule has 1 aromatic heterocycles. The second-order valence-electron chi connectivity index (χ2n) is 6.07. The molecule has 0 spiro atoms. The fourth-order valence-electron chi connectivity index (χ4n) is 2.53. The maximum Gasteiger partial charge on any atom is 0.416 e. The maximum atomic E-state index is 12.8. The highest BCUT2D eigenvalue weighted by Crippen LogP contribution is 2.31. The zero-order valence-corrected chi connectivity index (χ0v) is 15.9. The summed E-state index contributed by atoms with van der Waals surface area (Å²) in [5.41, 5.74) is -0.661. The summed E-state index contributed by atoms with van der Waals surface area (Å²) in [6, 6.07) is 11.7. The average molecular weight is 421 g/mol. The largest absolute Gasteiger partial charge is 0.493 e. The van der Waals surface area contributed by atoms with Gasteiger partial charge >= 0.3 is 6.18 Å². The summed E-state index contributed by atoms with van der Waals surface area (Å²) in [6.07, 6.45) is -4.47. The van der Waals surface area contributed by atoms with Gasteiger partial charge in [0.1, 0.15) is 13.2 Å². The Hall–Kier alpha value is -3.63. The highest BCUT2D eigenvalue weighted by Gasteiger charge is 2.30. The van der Waals surface area contributed by atoms with Gasteiger partial charge < -0.3 is 14.8 Å². The predicted molar refractivity (Wildman–Crippen MR) is 99.8 cm³/mol. The van der Waals surface area contributed by atoms with Crippen molar-refractivity contribution < 1.29 is 27.4 Å². The average Bonchev–Trinajstić information content (AvgIpc) is 3.19. The minimum atomic E-state index is -4.47. The number of hydrogen-bond acceptors (Lipinski definition) is 6. The summed E-state index contributed by atoms with van der Waals surface area (Å²) < 4.78 is 49.2. The van der Waals surface area contributed by atoms with Crippen LogP contribution in [0.1, 0.15) is 5.56 Å². The first-order valence-electron chi connectivity index (χ1n) is 8.85. The highest BCUT2D eigenvalue weighted by molar-refractivity contribution is 5.75. The lowest BCUT2D eigenvalue weighted by molar-refractivity contribution is -0.137. The molecule has 3 aromatic rings. The van der Waals surface area contributed by atoms with Gasteiger partial charge in [-0.1, -0.05) is 24.3 Å². The van der Waals surface area contributed by atoms with Gasteiger partial charge in [0.2, 0.25) is 11.7 Å². The molecular weight excluding hydrogens is 403 g/mol. The van der Waals surface area contributed by atoms with Crippen LogP contribution in [0, 0.1) is 0 Å². The lowest BCUT2D eigenvalue weighted by Gasteiger charge is -2.10. The molecule has 0 saturated heterocycles. The molecule has 1 amide bonds.